The summed E-state index contributed by atoms with van der Waals surface area (Å²) in [6.07, 6.45) is 7.66. The number of carbonyl (C=O) groups is 2. The van der Waals surface area contributed by atoms with Crippen molar-refractivity contribution in [1.29, 1.82) is 0 Å². The molecule has 0 bridgehead atoms. The molecule has 0 aromatic carbocycles. The number of methoxy groups -OCH3 is 1. The fourth-order valence-electron chi connectivity index (χ4n) is 3.72. The number of amides is 1. The molecule has 2 heterocycles. The Kier molecular flexibility index (Phi) is 5.56. The first-order chi connectivity index (χ1) is 11.6. The van der Waals surface area contributed by atoms with Crippen LogP contribution in [0.4, 0.5) is 5.00 Å². The van der Waals surface area contributed by atoms with Gasteiger partial charge in [-0.2, -0.15) is 0 Å². The largest absolute Gasteiger partial charge is 0.465 e. The Balaban J connectivity index is 1.75. The number of hydrogen-bond acceptors (Lipinski definition) is 5. The highest BCUT2D eigenvalue weighted by Gasteiger charge is 2.28. The van der Waals surface area contributed by atoms with Crippen LogP contribution < -0.4 is 5.32 Å². The van der Waals surface area contributed by atoms with E-state index >= 15 is 0 Å². The van der Waals surface area contributed by atoms with E-state index in [0.717, 1.165) is 50.6 Å². The van der Waals surface area contributed by atoms with Crippen LogP contribution in [-0.4, -0.2) is 43.0 Å². The summed E-state index contributed by atoms with van der Waals surface area (Å²) >= 11 is 1.55. The molecule has 6 heteroatoms. The van der Waals surface area contributed by atoms with Gasteiger partial charge in [-0.05, 0) is 57.6 Å². The third kappa shape index (κ3) is 3.64. The van der Waals surface area contributed by atoms with Gasteiger partial charge in [-0.1, -0.05) is 6.42 Å². The molecule has 1 unspecified atom stereocenters. The molecule has 1 amide bonds. The van der Waals surface area contributed by atoms with Gasteiger partial charge in [0.05, 0.1) is 19.2 Å². The second-order valence-corrected chi connectivity index (χ2v) is 7.88. The SMILES string of the molecule is COC(=O)c1c(NC(=O)CN2CCCCC2C)sc2c1CCCC2. The summed E-state index contributed by atoms with van der Waals surface area (Å²) in [6, 6.07) is 0.445. The van der Waals surface area contributed by atoms with Crippen LogP contribution in [0.15, 0.2) is 0 Å². The number of esters is 1. The molecule has 1 aromatic heterocycles. The second-order valence-electron chi connectivity index (χ2n) is 6.77. The molecule has 2 aliphatic rings. The number of ether oxygens (including phenoxy) is 1. The molecule has 1 atom stereocenters. The Bertz CT molecular complexity index is 626. The van der Waals surface area contributed by atoms with Gasteiger partial charge in [0, 0.05) is 10.9 Å². The number of thiophene rings is 1. The lowest BCUT2D eigenvalue weighted by molar-refractivity contribution is -0.118. The Morgan fingerprint density at radius 1 is 1.25 bits per heavy atom. The number of likely N-dealkylation sites (tertiary alicyclic amines) is 1. The smallest absolute Gasteiger partial charge is 0.341 e. The maximum atomic E-state index is 12.5. The standard InChI is InChI=1S/C18H26N2O3S/c1-12-7-5-6-10-20(12)11-15(21)19-17-16(18(22)23-2)13-8-3-4-9-14(13)24-17/h12H,3-11H2,1-2H3,(H,19,21). The zero-order valence-corrected chi connectivity index (χ0v) is 15.3. The second kappa shape index (κ2) is 7.66. The van der Waals surface area contributed by atoms with E-state index in [4.69, 9.17) is 4.74 Å². The number of hydrogen-bond donors (Lipinski definition) is 1. The van der Waals surface area contributed by atoms with Crippen LogP contribution >= 0.6 is 11.3 Å². The Morgan fingerprint density at radius 3 is 2.79 bits per heavy atom. The number of carbonyl (C=O) groups excluding carboxylic acids is 2. The molecule has 132 valence electrons. The lowest BCUT2D eigenvalue weighted by Crippen LogP contribution is -2.42. The number of aryl methyl sites for hydroxylation is 1. The Morgan fingerprint density at radius 2 is 2.04 bits per heavy atom. The predicted molar refractivity (Wildman–Crippen MR) is 95.8 cm³/mol. The number of piperidine rings is 1. The molecule has 1 fully saturated rings. The third-order valence-corrected chi connectivity index (χ3v) is 6.31. The van der Waals surface area contributed by atoms with Crippen molar-refractivity contribution in [3.63, 3.8) is 0 Å². The molecule has 0 saturated carbocycles. The highest BCUT2D eigenvalue weighted by molar-refractivity contribution is 7.17. The number of nitrogens with one attached hydrogen (secondary N) is 1. The maximum absolute atomic E-state index is 12.5. The first kappa shape index (κ1) is 17.4. The summed E-state index contributed by atoms with van der Waals surface area (Å²) in [6.45, 7) is 3.54. The number of rotatable bonds is 4. The van der Waals surface area contributed by atoms with Crippen molar-refractivity contribution in [3.8, 4) is 0 Å². The van der Waals surface area contributed by atoms with E-state index in [2.05, 4.69) is 17.1 Å². The lowest BCUT2D eigenvalue weighted by atomic mass is 9.95. The van der Waals surface area contributed by atoms with E-state index in [0.29, 0.717) is 23.2 Å². The van der Waals surface area contributed by atoms with Crippen LogP contribution in [0.5, 0.6) is 0 Å². The molecule has 1 saturated heterocycles. The Labute approximate surface area is 147 Å². The van der Waals surface area contributed by atoms with E-state index in [1.807, 2.05) is 0 Å². The summed E-state index contributed by atoms with van der Waals surface area (Å²) in [4.78, 5) is 28.2. The van der Waals surface area contributed by atoms with Crippen molar-refractivity contribution in [1.82, 2.24) is 4.90 Å². The van der Waals surface area contributed by atoms with Crippen molar-refractivity contribution in [2.24, 2.45) is 0 Å². The van der Waals surface area contributed by atoms with Crippen LogP contribution in [0.25, 0.3) is 0 Å². The van der Waals surface area contributed by atoms with Crippen molar-refractivity contribution in [3.05, 3.63) is 16.0 Å². The maximum Gasteiger partial charge on any atom is 0.341 e. The van der Waals surface area contributed by atoms with Crippen molar-refractivity contribution in [2.45, 2.75) is 57.9 Å². The van der Waals surface area contributed by atoms with Crippen molar-refractivity contribution < 1.29 is 14.3 Å². The van der Waals surface area contributed by atoms with E-state index < -0.39 is 0 Å². The van der Waals surface area contributed by atoms with Gasteiger partial charge in [-0.15, -0.1) is 11.3 Å². The molecule has 1 aromatic rings. The van der Waals surface area contributed by atoms with Crippen molar-refractivity contribution >= 4 is 28.2 Å². The highest BCUT2D eigenvalue weighted by Crippen LogP contribution is 2.38. The summed E-state index contributed by atoms with van der Waals surface area (Å²) < 4.78 is 4.96. The van der Waals surface area contributed by atoms with E-state index in [-0.39, 0.29) is 11.9 Å². The van der Waals surface area contributed by atoms with Gasteiger partial charge in [0.2, 0.25) is 5.91 Å². The number of fused-ring (bicyclic) bond motifs is 1. The minimum atomic E-state index is -0.337. The van der Waals surface area contributed by atoms with E-state index in [1.54, 1.807) is 11.3 Å². The third-order valence-electron chi connectivity index (χ3n) is 5.10. The van der Waals surface area contributed by atoms with Gasteiger partial charge in [0.15, 0.2) is 0 Å². The normalized spacial score (nSPS) is 21.2. The van der Waals surface area contributed by atoms with Crippen molar-refractivity contribution in [2.75, 3.05) is 25.5 Å². The Hall–Kier alpha value is -1.40. The predicted octanol–water partition coefficient (Wildman–Crippen LogP) is 3.23. The van der Waals surface area contributed by atoms with Crippen LogP contribution in [0.1, 0.15) is 59.8 Å². The molecule has 1 N–H and O–H groups in total. The quantitative estimate of drug-likeness (QED) is 0.847. The fourth-order valence-corrected chi connectivity index (χ4v) is 5.01. The van der Waals surface area contributed by atoms with Gasteiger partial charge in [-0.25, -0.2) is 4.79 Å². The summed E-state index contributed by atoms with van der Waals surface area (Å²) in [5, 5.41) is 3.66. The fraction of sp³-hybridized carbons (Fsp3) is 0.667. The van der Waals surface area contributed by atoms with Crippen LogP contribution in [-0.2, 0) is 22.4 Å². The van der Waals surface area contributed by atoms with Gasteiger partial charge in [0.25, 0.3) is 0 Å². The van der Waals surface area contributed by atoms with Gasteiger partial charge in [-0.3, -0.25) is 9.69 Å². The highest BCUT2D eigenvalue weighted by atomic mass is 32.1. The molecule has 3 rings (SSSR count). The summed E-state index contributed by atoms with van der Waals surface area (Å²) in [7, 11) is 1.40. The first-order valence-electron chi connectivity index (χ1n) is 8.87. The topological polar surface area (TPSA) is 58.6 Å². The van der Waals surface area contributed by atoms with Gasteiger partial charge in [0.1, 0.15) is 5.00 Å². The zero-order valence-electron chi connectivity index (χ0n) is 14.5. The van der Waals surface area contributed by atoms with E-state index in [1.165, 1.54) is 18.4 Å². The zero-order chi connectivity index (χ0) is 17.1. The minimum Gasteiger partial charge on any atom is -0.465 e. The first-order valence-corrected chi connectivity index (χ1v) is 9.68. The number of nitrogens with zero attached hydrogens (tertiary/aromatic N) is 1. The molecule has 5 nitrogen and oxygen atoms in total. The molecule has 1 aliphatic carbocycles. The molecular formula is C18H26N2O3S. The minimum absolute atomic E-state index is 0.0347. The molecule has 24 heavy (non-hydrogen) atoms. The summed E-state index contributed by atoms with van der Waals surface area (Å²) in [5.41, 5.74) is 1.66. The lowest BCUT2D eigenvalue weighted by Gasteiger charge is -2.32. The van der Waals surface area contributed by atoms with Crippen LogP contribution in [0, 0.1) is 0 Å². The monoisotopic (exact) mass is 350 g/mol. The average Bonchev–Trinajstić information content (AvgIpc) is 2.94. The van der Waals surface area contributed by atoms with Gasteiger partial charge >= 0.3 is 5.97 Å². The van der Waals surface area contributed by atoms with E-state index in [9.17, 15) is 9.59 Å². The summed E-state index contributed by atoms with van der Waals surface area (Å²) in [5.74, 6) is -0.372. The molecule has 0 spiro atoms. The van der Waals surface area contributed by atoms with Crippen LogP contribution in [0.2, 0.25) is 0 Å². The average molecular weight is 350 g/mol. The van der Waals surface area contributed by atoms with Gasteiger partial charge < -0.3 is 10.1 Å². The molecule has 1 aliphatic heterocycles. The van der Waals surface area contributed by atoms with Crippen LogP contribution in [0.3, 0.4) is 0 Å². The molecular weight excluding hydrogens is 324 g/mol. The molecule has 0 radical (unpaired) electrons. The number of anilines is 1.